The van der Waals surface area contributed by atoms with Gasteiger partial charge in [0.2, 0.25) is 0 Å². The molecular formula is C18H28N3O4+. The summed E-state index contributed by atoms with van der Waals surface area (Å²) in [6.45, 7) is 5.99. The number of ether oxygens (including phenoxy) is 2. The van der Waals surface area contributed by atoms with Crippen molar-refractivity contribution in [2.24, 2.45) is 0 Å². The van der Waals surface area contributed by atoms with E-state index >= 15 is 0 Å². The van der Waals surface area contributed by atoms with Crippen molar-refractivity contribution in [3.63, 3.8) is 0 Å². The number of quaternary nitrogens is 1. The summed E-state index contributed by atoms with van der Waals surface area (Å²) in [6, 6.07) is 7.82. The van der Waals surface area contributed by atoms with E-state index in [0.29, 0.717) is 32.8 Å². The number of hydrogen-bond donors (Lipinski definition) is 2. The Morgan fingerprint density at radius 1 is 1.24 bits per heavy atom. The molecule has 1 aliphatic heterocycles. The standard InChI is InChI=1S/C18H27N3O4/c1-3-25-18(23)21-12-10-20(11-13-21)14-17(22)19-9-8-15-6-4-5-7-16(15)24-2/h4-7H,3,8-14H2,1-2H3,(H,19,22)/p+1. The molecule has 1 saturated heterocycles. The Balaban J connectivity index is 1.67. The van der Waals surface area contributed by atoms with E-state index < -0.39 is 0 Å². The highest BCUT2D eigenvalue weighted by molar-refractivity contribution is 5.76. The maximum atomic E-state index is 12.1. The molecule has 7 heteroatoms. The van der Waals surface area contributed by atoms with Crippen molar-refractivity contribution < 1.29 is 24.0 Å². The molecule has 0 radical (unpaired) electrons. The zero-order valence-electron chi connectivity index (χ0n) is 15.0. The molecule has 2 amide bonds. The third-order valence-electron chi connectivity index (χ3n) is 4.32. The van der Waals surface area contributed by atoms with Gasteiger partial charge in [-0.2, -0.15) is 0 Å². The summed E-state index contributed by atoms with van der Waals surface area (Å²) in [5, 5.41) is 2.96. The number of piperazine rings is 1. The second-order valence-corrected chi connectivity index (χ2v) is 6.02. The zero-order chi connectivity index (χ0) is 18.1. The molecule has 138 valence electrons. The molecule has 25 heavy (non-hydrogen) atoms. The number of methoxy groups -OCH3 is 1. The summed E-state index contributed by atoms with van der Waals surface area (Å²) in [5.41, 5.74) is 1.08. The van der Waals surface area contributed by atoms with Crippen LogP contribution in [-0.2, 0) is 16.0 Å². The molecule has 1 aromatic carbocycles. The highest BCUT2D eigenvalue weighted by Gasteiger charge is 2.25. The van der Waals surface area contributed by atoms with Gasteiger partial charge in [0.15, 0.2) is 6.54 Å². The molecule has 1 heterocycles. The van der Waals surface area contributed by atoms with Crippen molar-refractivity contribution >= 4 is 12.0 Å². The first-order chi connectivity index (χ1) is 12.1. The first-order valence-electron chi connectivity index (χ1n) is 8.78. The minimum atomic E-state index is -0.261. The average molecular weight is 350 g/mol. The van der Waals surface area contributed by atoms with E-state index in [1.165, 1.54) is 4.90 Å². The van der Waals surface area contributed by atoms with Gasteiger partial charge < -0.3 is 19.7 Å². The van der Waals surface area contributed by atoms with E-state index in [2.05, 4.69) is 5.32 Å². The van der Waals surface area contributed by atoms with Crippen molar-refractivity contribution in [3.8, 4) is 5.75 Å². The van der Waals surface area contributed by atoms with Crippen LogP contribution in [0.2, 0.25) is 0 Å². The van der Waals surface area contributed by atoms with Crippen molar-refractivity contribution in [2.45, 2.75) is 13.3 Å². The number of nitrogens with one attached hydrogen (secondary N) is 2. The molecule has 0 unspecified atom stereocenters. The van der Waals surface area contributed by atoms with Crippen LogP contribution in [0.3, 0.4) is 0 Å². The Morgan fingerprint density at radius 2 is 1.96 bits per heavy atom. The Labute approximate surface area is 148 Å². The summed E-state index contributed by atoms with van der Waals surface area (Å²) in [4.78, 5) is 26.7. The van der Waals surface area contributed by atoms with E-state index in [0.717, 1.165) is 30.8 Å². The third-order valence-corrected chi connectivity index (χ3v) is 4.32. The number of rotatable bonds is 7. The van der Waals surface area contributed by atoms with E-state index in [4.69, 9.17) is 9.47 Å². The second-order valence-electron chi connectivity index (χ2n) is 6.02. The van der Waals surface area contributed by atoms with E-state index in [1.54, 1.807) is 18.9 Å². The summed E-state index contributed by atoms with van der Waals surface area (Å²) in [6.07, 6.45) is 0.477. The molecule has 1 fully saturated rings. The van der Waals surface area contributed by atoms with Gasteiger partial charge in [0.05, 0.1) is 39.9 Å². The van der Waals surface area contributed by atoms with Gasteiger partial charge in [-0.3, -0.25) is 9.69 Å². The number of para-hydroxylation sites is 1. The first kappa shape index (κ1) is 19.1. The minimum Gasteiger partial charge on any atom is -0.496 e. The summed E-state index contributed by atoms with van der Waals surface area (Å²) in [5.74, 6) is 0.881. The molecule has 0 aliphatic carbocycles. The summed E-state index contributed by atoms with van der Waals surface area (Å²) < 4.78 is 10.3. The molecule has 1 aliphatic rings. The number of carbonyl (C=O) groups excluding carboxylic acids is 2. The molecule has 7 nitrogen and oxygen atoms in total. The largest absolute Gasteiger partial charge is 0.496 e. The molecule has 0 bridgehead atoms. The quantitative estimate of drug-likeness (QED) is 0.709. The van der Waals surface area contributed by atoms with E-state index in [-0.39, 0.29) is 12.0 Å². The fourth-order valence-corrected chi connectivity index (χ4v) is 2.93. The van der Waals surface area contributed by atoms with Gasteiger partial charge in [-0.15, -0.1) is 0 Å². The van der Waals surface area contributed by atoms with Gasteiger partial charge in [-0.1, -0.05) is 18.2 Å². The van der Waals surface area contributed by atoms with Gasteiger partial charge >= 0.3 is 6.09 Å². The highest BCUT2D eigenvalue weighted by Crippen LogP contribution is 2.17. The monoisotopic (exact) mass is 350 g/mol. The van der Waals surface area contributed by atoms with Crippen LogP contribution in [0.5, 0.6) is 5.75 Å². The summed E-state index contributed by atoms with van der Waals surface area (Å²) >= 11 is 0. The molecule has 0 spiro atoms. The molecule has 0 atom stereocenters. The lowest BCUT2D eigenvalue weighted by atomic mass is 10.1. The lowest BCUT2D eigenvalue weighted by Gasteiger charge is -2.31. The molecule has 0 saturated carbocycles. The maximum absolute atomic E-state index is 12.1. The number of benzene rings is 1. The van der Waals surface area contributed by atoms with Gasteiger partial charge in [0, 0.05) is 6.54 Å². The van der Waals surface area contributed by atoms with Gasteiger partial charge in [-0.25, -0.2) is 4.79 Å². The Kier molecular flexibility index (Phi) is 7.53. The van der Waals surface area contributed by atoms with Crippen LogP contribution >= 0.6 is 0 Å². The van der Waals surface area contributed by atoms with Crippen LogP contribution in [-0.4, -0.2) is 69.9 Å². The minimum absolute atomic E-state index is 0.0366. The fraction of sp³-hybridized carbons (Fsp3) is 0.556. The van der Waals surface area contributed by atoms with Crippen molar-refractivity contribution in [1.82, 2.24) is 10.2 Å². The molecular weight excluding hydrogens is 322 g/mol. The predicted octanol–water partition coefficient (Wildman–Crippen LogP) is -0.289. The Morgan fingerprint density at radius 3 is 2.64 bits per heavy atom. The van der Waals surface area contributed by atoms with E-state index in [9.17, 15) is 9.59 Å². The first-order valence-corrected chi connectivity index (χ1v) is 8.78. The number of nitrogens with zero attached hydrogens (tertiary/aromatic N) is 1. The highest BCUT2D eigenvalue weighted by atomic mass is 16.6. The third kappa shape index (κ3) is 5.94. The maximum Gasteiger partial charge on any atom is 0.410 e. The molecule has 2 N–H and O–H groups in total. The van der Waals surface area contributed by atoms with Crippen LogP contribution in [0.4, 0.5) is 4.79 Å². The Bertz CT molecular complexity index is 571. The smallest absolute Gasteiger partial charge is 0.410 e. The predicted molar refractivity (Wildman–Crippen MR) is 93.9 cm³/mol. The second kappa shape index (κ2) is 9.88. The Hall–Kier alpha value is -2.28. The van der Waals surface area contributed by atoms with Crippen molar-refractivity contribution in [3.05, 3.63) is 29.8 Å². The van der Waals surface area contributed by atoms with Crippen molar-refractivity contribution in [1.29, 1.82) is 0 Å². The van der Waals surface area contributed by atoms with Crippen LogP contribution in [0.15, 0.2) is 24.3 Å². The zero-order valence-corrected chi connectivity index (χ0v) is 15.0. The van der Waals surface area contributed by atoms with Gasteiger partial charge in [0.1, 0.15) is 5.75 Å². The van der Waals surface area contributed by atoms with E-state index in [1.807, 2.05) is 24.3 Å². The van der Waals surface area contributed by atoms with Crippen molar-refractivity contribution in [2.75, 3.05) is 53.0 Å². The number of hydrogen-bond acceptors (Lipinski definition) is 4. The lowest BCUT2D eigenvalue weighted by molar-refractivity contribution is -0.896. The molecule has 1 aromatic rings. The summed E-state index contributed by atoms with van der Waals surface area (Å²) in [7, 11) is 1.65. The van der Waals surface area contributed by atoms with Crippen LogP contribution in [0, 0.1) is 0 Å². The topological polar surface area (TPSA) is 72.3 Å². The van der Waals surface area contributed by atoms with Crippen LogP contribution in [0.1, 0.15) is 12.5 Å². The van der Waals surface area contributed by atoms with Crippen LogP contribution in [0.25, 0.3) is 0 Å². The number of amides is 2. The fourth-order valence-electron chi connectivity index (χ4n) is 2.93. The molecule has 2 rings (SSSR count). The lowest BCUT2D eigenvalue weighted by Crippen LogP contribution is -3.15. The van der Waals surface area contributed by atoms with Gasteiger partial charge in [-0.05, 0) is 25.0 Å². The molecule has 0 aromatic heterocycles. The normalized spacial score (nSPS) is 14.9. The SMILES string of the molecule is CCOC(=O)N1CC[NH+](CC(=O)NCCc2ccccc2OC)CC1. The van der Waals surface area contributed by atoms with Gasteiger partial charge in [0.25, 0.3) is 5.91 Å². The van der Waals surface area contributed by atoms with Crippen LogP contribution < -0.4 is 15.0 Å². The number of carbonyl (C=O) groups is 2. The average Bonchev–Trinajstić information content (AvgIpc) is 2.63.